The molecular weight excluding hydrogens is 675 g/mol. The minimum absolute atomic E-state index is 0.112. The number of sulfonamides is 1. The molecule has 50 heavy (non-hydrogen) atoms. The van der Waals surface area contributed by atoms with Gasteiger partial charge in [-0.3, -0.25) is 14.1 Å². The second-order valence-electron chi connectivity index (χ2n) is 11.3. The zero-order valence-electron chi connectivity index (χ0n) is 26.6. The molecule has 0 bridgehead atoms. The van der Waals surface area contributed by atoms with Crippen molar-refractivity contribution in [1.82, 2.24) is 24.1 Å². The van der Waals surface area contributed by atoms with E-state index >= 15 is 0 Å². The van der Waals surface area contributed by atoms with Gasteiger partial charge in [-0.05, 0) is 74.0 Å². The molecule has 0 aliphatic carbocycles. The zero-order valence-corrected chi connectivity index (χ0v) is 27.4. The molecule has 0 aliphatic heterocycles. The maximum atomic E-state index is 13.7. The molecule has 0 aliphatic rings. The van der Waals surface area contributed by atoms with Crippen LogP contribution in [0.1, 0.15) is 27.2 Å². The van der Waals surface area contributed by atoms with E-state index in [1.54, 1.807) is 62.5 Å². The zero-order chi connectivity index (χ0) is 35.8. The van der Waals surface area contributed by atoms with E-state index in [-0.39, 0.29) is 22.6 Å². The van der Waals surface area contributed by atoms with E-state index in [2.05, 4.69) is 35.6 Å². The van der Waals surface area contributed by atoms with Crippen LogP contribution in [-0.2, 0) is 16.2 Å². The summed E-state index contributed by atoms with van der Waals surface area (Å²) in [6, 6.07) is 15.3. The van der Waals surface area contributed by atoms with E-state index in [9.17, 15) is 31.2 Å². The number of fused-ring (bicyclic) bond motifs is 1. The van der Waals surface area contributed by atoms with Gasteiger partial charge in [-0.2, -0.15) is 13.2 Å². The predicted octanol–water partition coefficient (Wildman–Crippen LogP) is 6.70. The number of benzene rings is 3. The third kappa shape index (κ3) is 7.57. The van der Waals surface area contributed by atoms with Crippen LogP contribution < -0.4 is 20.7 Å². The number of alkyl halides is 3. The van der Waals surface area contributed by atoms with Crippen molar-refractivity contribution in [3.8, 4) is 5.69 Å². The number of rotatable bonds is 8. The lowest BCUT2D eigenvalue weighted by molar-refractivity contribution is -0.137. The van der Waals surface area contributed by atoms with Gasteiger partial charge in [0.05, 0.1) is 34.9 Å². The maximum absolute atomic E-state index is 13.7. The summed E-state index contributed by atoms with van der Waals surface area (Å²) in [5, 5.41) is 9.01. The number of anilines is 5. The maximum Gasteiger partial charge on any atom is 0.416 e. The molecule has 3 aromatic heterocycles. The number of amides is 2. The fraction of sp³-hybridized carbons (Fsp3) is 0.121. The Morgan fingerprint density at radius 2 is 1.64 bits per heavy atom. The van der Waals surface area contributed by atoms with E-state index in [0.717, 1.165) is 18.4 Å². The molecule has 4 N–H and O–H groups in total. The fourth-order valence-corrected chi connectivity index (χ4v) is 5.61. The molecule has 2 amide bonds. The van der Waals surface area contributed by atoms with Crippen LogP contribution in [0.25, 0.3) is 16.7 Å². The Bertz CT molecular complexity index is 2390. The molecule has 256 valence electrons. The first-order valence-corrected chi connectivity index (χ1v) is 16.7. The topological polar surface area (TPSA) is 165 Å². The first-order chi connectivity index (χ1) is 23.6. The first kappa shape index (κ1) is 33.7. The largest absolute Gasteiger partial charge is 0.416 e. The molecule has 6 rings (SSSR count). The van der Waals surface area contributed by atoms with Crippen LogP contribution in [0.3, 0.4) is 0 Å². The lowest BCUT2D eigenvalue weighted by Gasteiger charge is -2.14. The second-order valence-corrected chi connectivity index (χ2v) is 13.1. The van der Waals surface area contributed by atoms with Gasteiger partial charge in [0.2, 0.25) is 10.0 Å². The highest BCUT2D eigenvalue weighted by atomic mass is 32.2. The van der Waals surface area contributed by atoms with Crippen molar-refractivity contribution in [3.63, 3.8) is 0 Å². The third-order valence-corrected chi connectivity index (χ3v) is 7.99. The number of halogens is 3. The van der Waals surface area contributed by atoms with Crippen molar-refractivity contribution in [2.75, 3.05) is 26.9 Å². The van der Waals surface area contributed by atoms with Crippen LogP contribution in [0.15, 0.2) is 91.8 Å². The highest BCUT2D eigenvalue weighted by Crippen LogP contribution is 2.32. The molecule has 0 saturated heterocycles. The molecule has 17 heteroatoms. The summed E-state index contributed by atoms with van der Waals surface area (Å²) in [6.07, 6.45) is 2.01. The molecule has 0 fully saturated rings. The monoisotopic (exact) mass is 703 g/mol. The summed E-state index contributed by atoms with van der Waals surface area (Å²) in [6.45, 7) is 3.43. The SMILES string of the molecule is Cc1cn(-c2cc(C(=O)Nc3ccc(C)c(NC(=O)n4ccc5c(Nc6cccc(NS(C)(=O)=O)c6)ncnc54)c3)cc(C(F)(F)F)c2)cn1. The number of aromatic nitrogens is 5. The Labute approximate surface area is 283 Å². The first-order valence-electron chi connectivity index (χ1n) is 14.8. The van der Waals surface area contributed by atoms with Gasteiger partial charge in [0, 0.05) is 40.7 Å². The highest BCUT2D eigenvalue weighted by Gasteiger charge is 2.32. The lowest BCUT2D eigenvalue weighted by Crippen LogP contribution is -2.20. The molecule has 0 atom stereocenters. The summed E-state index contributed by atoms with van der Waals surface area (Å²) in [5.74, 6) is -0.430. The van der Waals surface area contributed by atoms with E-state index < -0.39 is 33.7 Å². The quantitative estimate of drug-likeness (QED) is 0.136. The van der Waals surface area contributed by atoms with E-state index in [4.69, 9.17) is 0 Å². The van der Waals surface area contributed by atoms with Crippen LogP contribution in [0.2, 0.25) is 0 Å². The number of nitrogens with one attached hydrogen (secondary N) is 4. The molecular formula is C33H28F3N9O4S. The van der Waals surface area contributed by atoms with Gasteiger partial charge in [0.15, 0.2) is 5.65 Å². The van der Waals surface area contributed by atoms with Crippen molar-refractivity contribution in [2.24, 2.45) is 0 Å². The molecule has 0 spiro atoms. The van der Waals surface area contributed by atoms with Crippen LogP contribution in [0.5, 0.6) is 0 Å². The smallest absolute Gasteiger partial charge is 0.340 e. The van der Waals surface area contributed by atoms with Gasteiger partial charge < -0.3 is 20.5 Å². The molecule has 0 radical (unpaired) electrons. The lowest BCUT2D eigenvalue weighted by atomic mass is 10.1. The minimum Gasteiger partial charge on any atom is -0.340 e. The molecule has 6 aromatic rings. The molecule has 0 saturated carbocycles. The third-order valence-electron chi connectivity index (χ3n) is 7.38. The Hall–Kier alpha value is -6.23. The van der Waals surface area contributed by atoms with Gasteiger partial charge >= 0.3 is 12.2 Å². The summed E-state index contributed by atoms with van der Waals surface area (Å²) < 4.78 is 69.6. The number of hydrogen-bond acceptors (Lipinski definition) is 8. The number of aryl methyl sites for hydroxylation is 2. The van der Waals surface area contributed by atoms with Crippen LogP contribution in [-0.4, -0.2) is 50.7 Å². The van der Waals surface area contributed by atoms with Crippen molar-refractivity contribution in [2.45, 2.75) is 20.0 Å². The standard InChI is InChI=1S/C33H28F3N9O4S/c1-19-7-8-24(41-31(46)21-11-22(33(34,35)36)13-26(12-21)44-16-20(2)39-18-44)15-28(19)42-32(47)45-10-9-27-29(37-17-38-30(27)45)40-23-5-4-6-25(14-23)43-50(3,48)49/h4-18,43H,1-3H3,(H,41,46)(H,42,47)(H,37,38,40). The number of hydrogen-bond donors (Lipinski definition) is 4. The Morgan fingerprint density at radius 1 is 0.860 bits per heavy atom. The van der Waals surface area contributed by atoms with Crippen molar-refractivity contribution in [3.05, 3.63) is 114 Å². The average Bonchev–Trinajstić information content (AvgIpc) is 3.68. The molecule has 3 aromatic carbocycles. The van der Waals surface area contributed by atoms with Crippen molar-refractivity contribution >= 4 is 61.6 Å². The second kappa shape index (κ2) is 13.0. The van der Waals surface area contributed by atoms with Gasteiger partial charge in [0.1, 0.15) is 12.1 Å². The predicted molar refractivity (Wildman–Crippen MR) is 183 cm³/mol. The minimum atomic E-state index is -4.70. The molecule has 0 unspecified atom stereocenters. The van der Waals surface area contributed by atoms with Crippen LogP contribution in [0.4, 0.5) is 46.5 Å². The Balaban J connectivity index is 1.22. The number of carbonyl (C=O) groups is 2. The summed E-state index contributed by atoms with van der Waals surface area (Å²) in [4.78, 5) is 39.3. The van der Waals surface area contributed by atoms with E-state index in [1.807, 2.05) is 0 Å². The van der Waals surface area contributed by atoms with Crippen LogP contribution in [0, 0.1) is 13.8 Å². The summed E-state index contributed by atoms with van der Waals surface area (Å²) in [7, 11) is -3.49. The highest BCUT2D eigenvalue weighted by molar-refractivity contribution is 7.92. The van der Waals surface area contributed by atoms with Gasteiger partial charge in [-0.25, -0.2) is 28.2 Å². The van der Waals surface area contributed by atoms with Crippen LogP contribution >= 0.6 is 0 Å². The summed E-state index contributed by atoms with van der Waals surface area (Å²) in [5.41, 5.74) is 1.82. The van der Waals surface area contributed by atoms with Crippen molar-refractivity contribution < 1.29 is 31.2 Å². The molecule has 13 nitrogen and oxygen atoms in total. The summed E-state index contributed by atoms with van der Waals surface area (Å²) >= 11 is 0. The van der Waals surface area contributed by atoms with E-state index in [0.29, 0.717) is 39.5 Å². The van der Waals surface area contributed by atoms with Gasteiger partial charge in [-0.15, -0.1) is 0 Å². The Morgan fingerprint density at radius 3 is 2.36 bits per heavy atom. The van der Waals surface area contributed by atoms with Gasteiger partial charge in [0.25, 0.3) is 5.91 Å². The number of nitrogens with zero attached hydrogens (tertiary/aromatic N) is 5. The van der Waals surface area contributed by atoms with Crippen molar-refractivity contribution in [1.29, 1.82) is 0 Å². The van der Waals surface area contributed by atoms with E-state index in [1.165, 1.54) is 40.1 Å². The molecule has 3 heterocycles. The number of carbonyl (C=O) groups excluding carboxylic acids is 2. The average molecular weight is 704 g/mol. The normalized spacial score (nSPS) is 11.7. The number of imidazole rings is 1. The fourth-order valence-electron chi connectivity index (χ4n) is 5.06. The Kier molecular flexibility index (Phi) is 8.75. The van der Waals surface area contributed by atoms with Gasteiger partial charge in [-0.1, -0.05) is 12.1 Å².